The molecule has 2 aromatic carbocycles. The van der Waals surface area contributed by atoms with Gasteiger partial charge in [0.15, 0.2) is 0 Å². The molecule has 0 saturated carbocycles. The van der Waals surface area contributed by atoms with E-state index in [2.05, 4.69) is 47.3 Å². The Bertz CT molecular complexity index is 1400. The number of fused-ring (bicyclic) bond motifs is 1. The number of hydrogen-bond donors (Lipinski definition) is 3. The van der Waals surface area contributed by atoms with Crippen molar-refractivity contribution in [1.29, 1.82) is 0 Å². The van der Waals surface area contributed by atoms with Gasteiger partial charge >= 0.3 is 0 Å². The minimum Gasteiger partial charge on any atom is -0.494 e. The van der Waals surface area contributed by atoms with Gasteiger partial charge in [-0.1, -0.05) is 67.0 Å². The van der Waals surface area contributed by atoms with Gasteiger partial charge in [0.1, 0.15) is 11.8 Å². The molecule has 0 aromatic heterocycles. The molecule has 1 spiro atoms. The number of nitrogens with one attached hydrogen (secondary N) is 2. The Morgan fingerprint density at radius 1 is 1.09 bits per heavy atom. The molecule has 45 heavy (non-hydrogen) atoms. The van der Waals surface area contributed by atoms with E-state index in [4.69, 9.17) is 4.74 Å². The van der Waals surface area contributed by atoms with E-state index in [0.29, 0.717) is 30.9 Å². The Labute approximate surface area is 279 Å². The molecule has 3 aliphatic rings. The highest BCUT2D eigenvalue weighted by Gasteiger charge is 2.76. The first-order valence-electron chi connectivity index (χ1n) is 15.8. The molecule has 244 valence electrons. The summed E-state index contributed by atoms with van der Waals surface area (Å²) in [6, 6.07) is 15.4. The molecular formula is C35H46BrN3O5S. The minimum absolute atomic E-state index is 0.0324. The van der Waals surface area contributed by atoms with E-state index in [9.17, 15) is 19.5 Å². The van der Waals surface area contributed by atoms with Crippen LogP contribution in [0.5, 0.6) is 5.75 Å². The molecule has 0 aliphatic carbocycles. The molecule has 3 fully saturated rings. The summed E-state index contributed by atoms with van der Waals surface area (Å²) in [4.78, 5) is 44.8. The molecule has 3 amide bonds. The summed E-state index contributed by atoms with van der Waals surface area (Å²) in [6.45, 7) is 12.6. The van der Waals surface area contributed by atoms with Gasteiger partial charge in [-0.15, -0.1) is 11.8 Å². The Kier molecular flexibility index (Phi) is 9.70. The van der Waals surface area contributed by atoms with E-state index in [0.717, 1.165) is 12.0 Å². The zero-order valence-corrected chi connectivity index (χ0v) is 29.4. The van der Waals surface area contributed by atoms with Gasteiger partial charge in [-0.05, 0) is 75.3 Å². The lowest BCUT2D eigenvalue weighted by molar-refractivity contribution is -0.142. The van der Waals surface area contributed by atoms with Crippen LogP contribution in [-0.2, 0) is 20.8 Å². The van der Waals surface area contributed by atoms with Gasteiger partial charge in [-0.3, -0.25) is 14.4 Å². The molecule has 3 unspecified atom stereocenters. The molecule has 3 saturated heterocycles. The van der Waals surface area contributed by atoms with Crippen LogP contribution < -0.4 is 15.4 Å². The van der Waals surface area contributed by atoms with Gasteiger partial charge in [0.2, 0.25) is 17.7 Å². The van der Waals surface area contributed by atoms with E-state index in [-0.39, 0.29) is 39.8 Å². The predicted octanol–water partition coefficient (Wildman–Crippen LogP) is 5.42. The Morgan fingerprint density at radius 2 is 1.76 bits per heavy atom. The van der Waals surface area contributed by atoms with Crippen LogP contribution in [0, 0.1) is 17.3 Å². The monoisotopic (exact) mass is 699 g/mol. The van der Waals surface area contributed by atoms with Gasteiger partial charge in [0.25, 0.3) is 0 Å². The Hall–Kier alpha value is -2.56. The van der Waals surface area contributed by atoms with Crippen molar-refractivity contribution in [2.75, 3.05) is 18.5 Å². The number of nitrogens with zero attached hydrogens (tertiary/aromatic N) is 1. The van der Waals surface area contributed by atoms with E-state index >= 15 is 0 Å². The number of hydrogen-bond acceptors (Lipinski definition) is 6. The maximum absolute atomic E-state index is 14.7. The topological polar surface area (TPSA) is 108 Å². The number of benzene rings is 2. The van der Waals surface area contributed by atoms with E-state index in [1.807, 2.05) is 51.1 Å². The van der Waals surface area contributed by atoms with E-state index in [1.54, 1.807) is 40.9 Å². The number of carbonyl (C=O) groups excluding carboxylic acids is 3. The average molecular weight is 701 g/mol. The van der Waals surface area contributed by atoms with Crippen molar-refractivity contribution in [2.45, 2.75) is 93.3 Å². The summed E-state index contributed by atoms with van der Waals surface area (Å²) in [5, 5.41) is 16.9. The quantitative estimate of drug-likeness (QED) is 0.271. The third-order valence-electron chi connectivity index (χ3n) is 9.06. The zero-order chi connectivity index (χ0) is 32.7. The van der Waals surface area contributed by atoms with E-state index < -0.39 is 34.2 Å². The van der Waals surface area contributed by atoms with Crippen LogP contribution in [0.15, 0.2) is 54.6 Å². The number of amides is 3. The summed E-state index contributed by atoms with van der Waals surface area (Å²) in [7, 11) is 0. The molecule has 10 heteroatoms. The number of carbonyl (C=O) groups is 3. The average Bonchev–Trinajstić information content (AvgIpc) is 3.55. The maximum Gasteiger partial charge on any atom is 0.244 e. The van der Waals surface area contributed by atoms with Crippen molar-refractivity contribution in [3.05, 3.63) is 60.2 Å². The van der Waals surface area contributed by atoms with Crippen LogP contribution in [0.3, 0.4) is 0 Å². The number of likely N-dealkylation sites (tertiary alicyclic amines) is 1. The van der Waals surface area contributed by atoms with Gasteiger partial charge in [0, 0.05) is 21.3 Å². The Balaban J connectivity index is 1.51. The SMILES string of the molecule is CCOc1ccc(NC(=O)[C@H]2[C@@H]3SC4(CC3Br)C(C(=O)NC(C)(C)CC(C)(C)C)N([C@@H](CO)Cc3ccccc3)C(=O)[C@H]24)cc1. The second-order valence-corrected chi connectivity index (χ2v) is 17.2. The van der Waals surface area contributed by atoms with E-state index in [1.165, 1.54) is 0 Å². The van der Waals surface area contributed by atoms with Crippen LogP contribution in [0.25, 0.3) is 0 Å². The first-order valence-corrected chi connectivity index (χ1v) is 17.6. The number of ether oxygens (including phenoxy) is 1. The van der Waals surface area contributed by atoms with Gasteiger partial charge < -0.3 is 25.4 Å². The van der Waals surface area contributed by atoms with Crippen LogP contribution >= 0.6 is 27.7 Å². The number of alkyl halides is 1. The molecule has 2 aromatic rings. The lowest BCUT2D eigenvalue weighted by atomic mass is 9.70. The molecule has 3 heterocycles. The zero-order valence-electron chi connectivity index (χ0n) is 27.0. The summed E-state index contributed by atoms with van der Waals surface area (Å²) in [6.07, 6.45) is 1.71. The summed E-state index contributed by atoms with van der Waals surface area (Å²) in [5.74, 6) is -1.34. The lowest BCUT2D eigenvalue weighted by Crippen LogP contribution is -2.60. The fraction of sp³-hybridized carbons (Fsp3) is 0.571. The fourth-order valence-electron chi connectivity index (χ4n) is 8.00. The van der Waals surface area contributed by atoms with Crippen LogP contribution in [0.4, 0.5) is 5.69 Å². The fourth-order valence-corrected chi connectivity index (χ4v) is 11.6. The molecule has 3 aliphatic heterocycles. The first-order chi connectivity index (χ1) is 21.2. The lowest BCUT2D eigenvalue weighted by Gasteiger charge is -2.40. The second-order valence-electron chi connectivity index (χ2n) is 14.5. The van der Waals surface area contributed by atoms with Crippen molar-refractivity contribution in [2.24, 2.45) is 17.3 Å². The predicted molar refractivity (Wildman–Crippen MR) is 183 cm³/mol. The number of halogens is 1. The van der Waals surface area contributed by atoms with Crippen molar-refractivity contribution in [1.82, 2.24) is 10.2 Å². The molecule has 2 bridgehead atoms. The number of thioether (sulfide) groups is 1. The summed E-state index contributed by atoms with van der Waals surface area (Å²) < 4.78 is 4.73. The standard InChI is InChI=1S/C35H46BrN3O5S/c1-7-44-24-15-13-22(14-16-24)37-30(41)26-27-32(43)39(23(19-40)17-21-11-9-8-10-12-21)29(35(27)18-25(36)28(26)45-35)31(42)38-34(5,6)20-33(2,3)4/h8-16,23,25-29,40H,7,17-20H2,1-6H3,(H,37,41)(H,38,42)/t23-,25?,26-,27+,28-,29?,35?/m1/s1. The van der Waals surface area contributed by atoms with Crippen molar-refractivity contribution in [3.63, 3.8) is 0 Å². The number of aliphatic hydroxyl groups is 1. The highest BCUT2D eigenvalue weighted by atomic mass is 79.9. The highest BCUT2D eigenvalue weighted by Crippen LogP contribution is 2.68. The number of rotatable bonds is 11. The normalized spacial score (nSPS) is 28.1. The molecule has 0 radical (unpaired) electrons. The first kappa shape index (κ1) is 33.8. The highest BCUT2D eigenvalue weighted by molar-refractivity contribution is 9.09. The largest absolute Gasteiger partial charge is 0.494 e. The summed E-state index contributed by atoms with van der Waals surface area (Å²) in [5.41, 5.74) is 1.02. The van der Waals surface area contributed by atoms with Crippen LogP contribution in [-0.4, -0.2) is 73.4 Å². The van der Waals surface area contributed by atoms with Crippen molar-refractivity contribution < 1.29 is 24.2 Å². The minimum atomic E-state index is -0.839. The van der Waals surface area contributed by atoms with Crippen LogP contribution in [0.2, 0.25) is 0 Å². The van der Waals surface area contributed by atoms with Gasteiger partial charge in [0.05, 0.1) is 35.8 Å². The molecule has 7 atom stereocenters. The van der Waals surface area contributed by atoms with Crippen molar-refractivity contribution in [3.8, 4) is 5.75 Å². The number of anilines is 1. The van der Waals surface area contributed by atoms with Gasteiger partial charge in [-0.25, -0.2) is 0 Å². The van der Waals surface area contributed by atoms with Crippen LogP contribution in [0.1, 0.15) is 59.9 Å². The van der Waals surface area contributed by atoms with Crippen molar-refractivity contribution >= 4 is 51.1 Å². The third-order valence-corrected chi connectivity index (χ3v) is 12.3. The second kappa shape index (κ2) is 12.9. The Morgan fingerprint density at radius 3 is 2.36 bits per heavy atom. The smallest absolute Gasteiger partial charge is 0.244 e. The molecule has 5 rings (SSSR count). The maximum atomic E-state index is 14.7. The molecule has 8 nitrogen and oxygen atoms in total. The third kappa shape index (κ3) is 6.79. The molecular weight excluding hydrogens is 654 g/mol. The van der Waals surface area contributed by atoms with Gasteiger partial charge in [-0.2, -0.15) is 0 Å². The molecule has 3 N–H and O–H groups in total. The number of aliphatic hydroxyl groups excluding tert-OH is 1. The summed E-state index contributed by atoms with van der Waals surface area (Å²) >= 11 is 5.44.